The molecule has 21 heteroatoms. The van der Waals surface area contributed by atoms with Gasteiger partial charge in [-0.2, -0.15) is 8.42 Å². The van der Waals surface area contributed by atoms with Crippen LogP contribution in [0.15, 0.2) is 27.6 Å². The quantitative estimate of drug-likeness (QED) is 0.0634. The summed E-state index contributed by atoms with van der Waals surface area (Å²) in [6.45, 7) is 1.65. The Bertz CT molecular complexity index is 1550. The molecule has 0 spiro atoms. The van der Waals surface area contributed by atoms with Gasteiger partial charge in [0.05, 0.1) is 6.04 Å². The third-order valence-corrected chi connectivity index (χ3v) is 6.80. The second-order valence-corrected chi connectivity index (χ2v) is 10.7. The van der Waals surface area contributed by atoms with Crippen molar-refractivity contribution in [3.05, 3.63) is 33.6 Å². The molecule has 3 rings (SSSR count). The normalized spacial score (nSPS) is 17.5. The molecule has 0 aliphatic carbocycles. The molecule has 19 nitrogen and oxygen atoms in total. The van der Waals surface area contributed by atoms with Crippen LogP contribution in [-0.4, -0.2) is 91.2 Å². The monoisotopic (exact) mass is 602 g/mol. The van der Waals surface area contributed by atoms with E-state index in [-0.39, 0.29) is 20.9 Å². The number of H-pyrrole nitrogens is 1. The van der Waals surface area contributed by atoms with Crippen molar-refractivity contribution < 1.29 is 47.2 Å². The lowest BCUT2D eigenvalue weighted by molar-refractivity contribution is -0.161. The smallest absolute Gasteiger partial charge is 0.362 e. The summed E-state index contributed by atoms with van der Waals surface area (Å²) in [4.78, 5) is 71.9. The van der Waals surface area contributed by atoms with Crippen molar-refractivity contribution in [2.75, 3.05) is 17.6 Å². The number of carboxylic acids is 1. The Kier molecular flexibility index (Phi) is 8.31. The summed E-state index contributed by atoms with van der Waals surface area (Å²) in [6.07, 6.45) is 0.907. The van der Waals surface area contributed by atoms with Gasteiger partial charge in [0, 0.05) is 24.2 Å². The summed E-state index contributed by atoms with van der Waals surface area (Å²) in [5, 5.41) is 29.9. The zero-order valence-electron chi connectivity index (χ0n) is 20.4. The van der Waals surface area contributed by atoms with Crippen LogP contribution in [0.2, 0.25) is 0 Å². The van der Waals surface area contributed by atoms with Crippen LogP contribution in [0.4, 0.5) is 15.7 Å². The number of rotatable bonds is 10. The lowest BCUT2D eigenvalue weighted by Gasteiger charge is -2.44. The molecule has 2 aromatic rings. The number of pyridine rings is 1. The van der Waals surface area contributed by atoms with E-state index in [1.807, 2.05) is 0 Å². The zero-order valence-corrected chi connectivity index (χ0v) is 22.1. The SMILES string of the molecule is CC(C)(ON=C(C(=O)N[C@@H]1C(=O)N(S(=O)(=O)O)[C@H]1CNC(=O)Nc1cc(=O)c(O)c[nH]1)c1csc(N)n1)C(=O)O. The van der Waals surface area contributed by atoms with Crippen LogP contribution in [0.25, 0.3) is 0 Å². The highest BCUT2D eigenvalue weighted by Crippen LogP contribution is 2.24. The van der Waals surface area contributed by atoms with Gasteiger partial charge in [-0.25, -0.2) is 18.9 Å². The van der Waals surface area contributed by atoms with Crippen molar-refractivity contribution in [3.63, 3.8) is 0 Å². The van der Waals surface area contributed by atoms with Gasteiger partial charge in [0.1, 0.15) is 17.6 Å². The fourth-order valence-corrected chi connectivity index (χ4v) is 4.50. The Hall–Kier alpha value is -4.76. The van der Waals surface area contributed by atoms with Gasteiger partial charge < -0.3 is 36.4 Å². The highest BCUT2D eigenvalue weighted by molar-refractivity contribution is 7.84. The molecule has 2 aromatic heterocycles. The van der Waals surface area contributed by atoms with Crippen molar-refractivity contribution in [2.24, 2.45) is 5.16 Å². The van der Waals surface area contributed by atoms with Gasteiger partial charge in [0.25, 0.3) is 11.8 Å². The Morgan fingerprint density at radius 2 is 2.00 bits per heavy atom. The minimum atomic E-state index is -5.12. The van der Waals surface area contributed by atoms with Gasteiger partial charge in [-0.1, -0.05) is 5.16 Å². The predicted molar refractivity (Wildman–Crippen MR) is 136 cm³/mol. The first kappa shape index (κ1) is 29.8. The highest BCUT2D eigenvalue weighted by atomic mass is 32.2. The number of hydrogen-bond donors (Lipinski definition) is 8. The van der Waals surface area contributed by atoms with Crippen LogP contribution in [-0.2, 0) is 29.5 Å². The molecule has 216 valence electrons. The number of nitrogens with zero attached hydrogens (tertiary/aromatic N) is 3. The van der Waals surface area contributed by atoms with E-state index >= 15 is 0 Å². The number of nitrogens with two attached hydrogens (primary N) is 1. The van der Waals surface area contributed by atoms with Crippen LogP contribution in [0.1, 0.15) is 19.5 Å². The van der Waals surface area contributed by atoms with E-state index in [0.717, 1.165) is 37.4 Å². The molecule has 1 saturated heterocycles. The van der Waals surface area contributed by atoms with E-state index in [2.05, 4.69) is 31.1 Å². The molecule has 4 amide bonds. The fraction of sp³-hybridized carbons (Fsp3) is 0.316. The van der Waals surface area contributed by atoms with Crippen LogP contribution >= 0.6 is 11.3 Å². The standard InChI is InChI=1S/C19H22N8O11S2/c1-19(2,16(32)33)38-26-12(7-6-39-17(20)23-7)14(30)25-13-8(27(15(13)31)40(35,36)37)4-22-18(34)24-11-3-9(28)10(29)5-21-11/h3,5-6,8,13,29H,4H2,1-2H3,(H2,20,23)(H,25,30)(H,32,33)(H,35,36,37)(H3,21,22,24,28,34)/t8-,13-/m0/s1. The van der Waals surface area contributed by atoms with Crippen LogP contribution < -0.4 is 27.1 Å². The third kappa shape index (κ3) is 6.62. The van der Waals surface area contributed by atoms with E-state index in [0.29, 0.717) is 0 Å². The maximum atomic E-state index is 13.0. The number of anilines is 2. The molecule has 0 radical (unpaired) electrons. The molecule has 3 heterocycles. The van der Waals surface area contributed by atoms with Gasteiger partial charge in [-0.15, -0.1) is 11.3 Å². The summed E-state index contributed by atoms with van der Waals surface area (Å²) in [5.41, 5.74) is 2.12. The lowest BCUT2D eigenvalue weighted by Crippen LogP contribution is -2.74. The number of aromatic nitrogens is 2. The number of nitrogen functional groups attached to an aromatic ring is 1. The van der Waals surface area contributed by atoms with E-state index in [9.17, 15) is 47.2 Å². The minimum absolute atomic E-state index is 0.00771. The fourth-order valence-electron chi connectivity index (χ4n) is 3.07. The Morgan fingerprint density at radius 1 is 1.32 bits per heavy atom. The third-order valence-electron chi connectivity index (χ3n) is 5.18. The summed E-state index contributed by atoms with van der Waals surface area (Å²) in [7, 11) is -5.12. The van der Waals surface area contributed by atoms with Crippen molar-refractivity contribution in [1.82, 2.24) is 24.9 Å². The number of amides is 4. The average Bonchev–Trinajstić information content (AvgIpc) is 3.27. The number of urea groups is 1. The maximum absolute atomic E-state index is 13.0. The average molecular weight is 603 g/mol. The number of thiazole rings is 1. The Labute approximate surface area is 227 Å². The summed E-state index contributed by atoms with van der Waals surface area (Å²) < 4.78 is 32.9. The number of carbonyl (C=O) groups is 4. The first-order valence-electron chi connectivity index (χ1n) is 10.8. The number of aliphatic carboxylic acids is 1. The molecule has 2 atom stereocenters. The van der Waals surface area contributed by atoms with Crippen molar-refractivity contribution in [3.8, 4) is 5.75 Å². The van der Waals surface area contributed by atoms with Crippen LogP contribution in [0.3, 0.4) is 0 Å². The molecule has 1 aliphatic rings. The summed E-state index contributed by atoms with van der Waals surface area (Å²) >= 11 is 0.903. The molecular weight excluding hydrogens is 580 g/mol. The zero-order chi connectivity index (χ0) is 30.0. The molecule has 40 heavy (non-hydrogen) atoms. The second-order valence-electron chi connectivity index (χ2n) is 8.48. The number of carboxylic acid groups (broad SMARTS) is 1. The topological polar surface area (TPSA) is 296 Å². The molecule has 0 aromatic carbocycles. The molecule has 1 fully saturated rings. The number of nitrogens with one attached hydrogen (secondary N) is 4. The summed E-state index contributed by atoms with van der Waals surface area (Å²) in [5.74, 6) is -4.60. The number of carbonyl (C=O) groups excluding carboxylic acids is 3. The van der Waals surface area contributed by atoms with Gasteiger partial charge >= 0.3 is 22.3 Å². The minimum Gasteiger partial charge on any atom is -0.503 e. The molecule has 0 saturated carbocycles. The van der Waals surface area contributed by atoms with Gasteiger partial charge in [0.15, 0.2) is 16.6 Å². The number of aromatic amines is 1. The predicted octanol–water partition coefficient (Wildman–Crippen LogP) is -1.98. The lowest BCUT2D eigenvalue weighted by atomic mass is 9.98. The number of hydrogen-bond acceptors (Lipinski definition) is 13. The second kappa shape index (κ2) is 11.2. The summed E-state index contributed by atoms with van der Waals surface area (Å²) in [6, 6.07) is -3.30. The van der Waals surface area contributed by atoms with E-state index < -0.39 is 75.2 Å². The van der Waals surface area contributed by atoms with E-state index in [1.54, 1.807) is 0 Å². The van der Waals surface area contributed by atoms with Crippen LogP contribution in [0.5, 0.6) is 5.75 Å². The van der Waals surface area contributed by atoms with E-state index in [4.69, 9.17) is 10.6 Å². The van der Waals surface area contributed by atoms with Crippen molar-refractivity contribution >= 4 is 62.1 Å². The Balaban J connectivity index is 1.79. The first-order valence-corrected chi connectivity index (χ1v) is 13.1. The van der Waals surface area contributed by atoms with Crippen LogP contribution in [0, 0.1) is 0 Å². The van der Waals surface area contributed by atoms with Gasteiger partial charge in [0.2, 0.25) is 11.0 Å². The maximum Gasteiger partial charge on any atom is 0.362 e. The largest absolute Gasteiger partial charge is 0.503 e. The molecule has 0 bridgehead atoms. The number of oxime groups is 1. The molecular formula is C19H22N8O11S2. The molecule has 1 aliphatic heterocycles. The Morgan fingerprint density at radius 3 is 2.55 bits per heavy atom. The molecule has 9 N–H and O–H groups in total. The number of aromatic hydroxyl groups is 1. The van der Waals surface area contributed by atoms with E-state index in [1.165, 1.54) is 5.38 Å². The molecule has 0 unspecified atom stereocenters. The number of β-lactam (4-membered cyclic amide) rings is 1. The first-order chi connectivity index (χ1) is 18.5. The van der Waals surface area contributed by atoms with Crippen molar-refractivity contribution in [1.29, 1.82) is 0 Å². The highest BCUT2D eigenvalue weighted by Gasteiger charge is 2.54. The van der Waals surface area contributed by atoms with Gasteiger partial charge in [-0.3, -0.25) is 24.3 Å². The van der Waals surface area contributed by atoms with Crippen molar-refractivity contribution in [2.45, 2.75) is 31.5 Å². The van der Waals surface area contributed by atoms with Gasteiger partial charge in [-0.05, 0) is 13.8 Å².